The molecule has 2 rings (SSSR count). The molecule has 0 bridgehead atoms. The van der Waals surface area contributed by atoms with Gasteiger partial charge in [0.15, 0.2) is 0 Å². The van der Waals surface area contributed by atoms with Crippen LogP contribution in [0.5, 0.6) is 5.75 Å². The highest BCUT2D eigenvalue weighted by Crippen LogP contribution is 2.29. The highest BCUT2D eigenvalue weighted by Gasteiger charge is 2.26. The summed E-state index contributed by atoms with van der Waals surface area (Å²) in [6, 6.07) is 17.5. The lowest BCUT2D eigenvalue weighted by atomic mass is 9.94. The van der Waals surface area contributed by atoms with Crippen LogP contribution in [0.15, 0.2) is 59.5 Å². The van der Waals surface area contributed by atoms with E-state index in [0.29, 0.717) is 5.75 Å². The van der Waals surface area contributed by atoms with E-state index in [2.05, 4.69) is 0 Å². The largest absolute Gasteiger partial charge is 0.497 e. The van der Waals surface area contributed by atoms with Crippen molar-refractivity contribution in [3.05, 3.63) is 60.2 Å². The highest BCUT2D eigenvalue weighted by molar-refractivity contribution is 7.99. The van der Waals surface area contributed by atoms with Gasteiger partial charge in [0.05, 0.1) is 19.3 Å². The Morgan fingerprint density at radius 1 is 1.15 bits per heavy atom. The van der Waals surface area contributed by atoms with Gasteiger partial charge >= 0.3 is 0 Å². The highest BCUT2D eigenvalue weighted by atomic mass is 32.2. The summed E-state index contributed by atoms with van der Waals surface area (Å²) in [4.78, 5) is 1.07. The third-order valence-electron chi connectivity index (χ3n) is 3.17. The van der Waals surface area contributed by atoms with Crippen molar-refractivity contribution in [2.75, 3.05) is 19.5 Å². The van der Waals surface area contributed by atoms with Crippen LogP contribution in [0.1, 0.15) is 5.56 Å². The molecular formula is C16H19NO2S. The minimum Gasteiger partial charge on any atom is -0.497 e. The molecule has 0 heterocycles. The molecule has 0 amide bonds. The van der Waals surface area contributed by atoms with Gasteiger partial charge in [-0.1, -0.05) is 36.4 Å². The number of hydrogen-bond acceptors (Lipinski definition) is 4. The number of rotatable bonds is 6. The first-order valence-corrected chi connectivity index (χ1v) is 7.38. The van der Waals surface area contributed by atoms with Crippen molar-refractivity contribution in [1.29, 1.82) is 0 Å². The van der Waals surface area contributed by atoms with Gasteiger partial charge in [0.1, 0.15) is 5.75 Å². The van der Waals surface area contributed by atoms with E-state index >= 15 is 0 Å². The molecule has 1 unspecified atom stereocenters. The standard InChI is InChI=1S/C16H19NO2S/c1-19-14-8-5-9-15(10-14)20-12-16(17,11-18)13-6-3-2-4-7-13/h2-10,18H,11-12,17H2,1H3. The summed E-state index contributed by atoms with van der Waals surface area (Å²) in [6.45, 7) is -0.0893. The maximum atomic E-state index is 9.65. The molecule has 0 saturated heterocycles. The zero-order valence-corrected chi connectivity index (χ0v) is 12.3. The molecular weight excluding hydrogens is 270 g/mol. The monoisotopic (exact) mass is 289 g/mol. The number of hydrogen-bond donors (Lipinski definition) is 2. The van der Waals surface area contributed by atoms with Crippen molar-refractivity contribution < 1.29 is 9.84 Å². The number of ether oxygens (including phenoxy) is 1. The quantitative estimate of drug-likeness (QED) is 0.803. The van der Waals surface area contributed by atoms with Gasteiger partial charge in [-0.3, -0.25) is 0 Å². The van der Waals surface area contributed by atoms with Gasteiger partial charge in [-0.2, -0.15) is 0 Å². The SMILES string of the molecule is COc1cccc(SCC(N)(CO)c2ccccc2)c1. The minimum atomic E-state index is -0.741. The van der Waals surface area contributed by atoms with E-state index in [1.54, 1.807) is 18.9 Å². The van der Waals surface area contributed by atoms with Crippen molar-refractivity contribution in [2.24, 2.45) is 5.73 Å². The van der Waals surface area contributed by atoms with Gasteiger partial charge < -0.3 is 15.6 Å². The Bertz CT molecular complexity index is 547. The first-order valence-electron chi connectivity index (χ1n) is 6.40. The summed E-state index contributed by atoms with van der Waals surface area (Å²) in [5, 5.41) is 9.65. The Balaban J connectivity index is 2.10. The fourth-order valence-electron chi connectivity index (χ4n) is 1.89. The Hall–Kier alpha value is -1.49. The van der Waals surface area contributed by atoms with Gasteiger partial charge in [-0.15, -0.1) is 11.8 Å². The van der Waals surface area contributed by atoms with Crippen molar-refractivity contribution in [1.82, 2.24) is 0 Å². The summed E-state index contributed by atoms with van der Waals surface area (Å²) in [7, 11) is 1.65. The van der Waals surface area contributed by atoms with Crippen LogP contribution in [0, 0.1) is 0 Å². The molecule has 1 atom stereocenters. The fourth-order valence-corrected chi connectivity index (χ4v) is 2.95. The van der Waals surface area contributed by atoms with E-state index in [0.717, 1.165) is 16.2 Å². The predicted molar refractivity (Wildman–Crippen MR) is 83.1 cm³/mol. The second-order valence-corrected chi connectivity index (χ2v) is 5.70. The summed E-state index contributed by atoms with van der Waals surface area (Å²) in [6.07, 6.45) is 0. The molecule has 0 radical (unpaired) electrons. The zero-order chi connectivity index (χ0) is 14.4. The molecule has 0 aliphatic heterocycles. The number of nitrogens with two attached hydrogens (primary N) is 1. The first kappa shape index (κ1) is 14.9. The van der Waals surface area contributed by atoms with Crippen LogP contribution < -0.4 is 10.5 Å². The lowest BCUT2D eigenvalue weighted by Crippen LogP contribution is -2.43. The third kappa shape index (κ3) is 3.54. The maximum absolute atomic E-state index is 9.65. The van der Waals surface area contributed by atoms with E-state index in [9.17, 15) is 5.11 Å². The van der Waals surface area contributed by atoms with Gasteiger partial charge in [0.25, 0.3) is 0 Å². The second kappa shape index (κ2) is 6.79. The van der Waals surface area contributed by atoms with Crippen molar-refractivity contribution in [3.8, 4) is 5.75 Å². The van der Waals surface area contributed by atoms with Gasteiger partial charge in [0, 0.05) is 10.6 Å². The fraction of sp³-hybridized carbons (Fsp3) is 0.250. The van der Waals surface area contributed by atoms with Crippen molar-refractivity contribution in [3.63, 3.8) is 0 Å². The number of methoxy groups -OCH3 is 1. The Morgan fingerprint density at radius 3 is 2.55 bits per heavy atom. The van der Waals surface area contributed by atoms with E-state index < -0.39 is 5.54 Å². The molecule has 2 aromatic carbocycles. The molecule has 0 aromatic heterocycles. The Morgan fingerprint density at radius 2 is 1.90 bits per heavy atom. The third-order valence-corrected chi connectivity index (χ3v) is 4.42. The van der Waals surface area contributed by atoms with Crippen LogP contribution in [-0.2, 0) is 5.54 Å². The molecule has 3 N–H and O–H groups in total. The van der Waals surface area contributed by atoms with Gasteiger partial charge in [-0.25, -0.2) is 0 Å². The van der Waals surface area contributed by atoms with Crippen LogP contribution in [0.3, 0.4) is 0 Å². The molecule has 3 nitrogen and oxygen atoms in total. The zero-order valence-electron chi connectivity index (χ0n) is 11.5. The summed E-state index contributed by atoms with van der Waals surface area (Å²) < 4.78 is 5.20. The summed E-state index contributed by atoms with van der Waals surface area (Å²) in [5.74, 6) is 1.42. The minimum absolute atomic E-state index is 0.0893. The normalized spacial score (nSPS) is 13.8. The molecule has 0 aliphatic rings. The molecule has 0 spiro atoms. The summed E-state index contributed by atoms with van der Waals surface area (Å²) >= 11 is 1.61. The van der Waals surface area contributed by atoms with Crippen molar-refractivity contribution in [2.45, 2.75) is 10.4 Å². The molecule has 0 saturated carbocycles. The van der Waals surface area contributed by atoms with E-state index in [1.807, 2.05) is 54.6 Å². The van der Waals surface area contributed by atoms with Crippen molar-refractivity contribution >= 4 is 11.8 Å². The molecule has 0 aliphatic carbocycles. The van der Waals surface area contributed by atoms with Gasteiger partial charge in [-0.05, 0) is 23.8 Å². The van der Waals surface area contributed by atoms with Crippen LogP contribution in [0.2, 0.25) is 0 Å². The second-order valence-electron chi connectivity index (χ2n) is 4.65. The van der Waals surface area contributed by atoms with Crippen LogP contribution in [0.4, 0.5) is 0 Å². The molecule has 20 heavy (non-hydrogen) atoms. The van der Waals surface area contributed by atoms with Crippen LogP contribution >= 0.6 is 11.8 Å². The van der Waals surface area contributed by atoms with E-state index in [4.69, 9.17) is 10.5 Å². The molecule has 2 aromatic rings. The number of aliphatic hydroxyl groups excluding tert-OH is 1. The molecule has 4 heteroatoms. The lowest BCUT2D eigenvalue weighted by molar-refractivity contribution is 0.213. The maximum Gasteiger partial charge on any atom is 0.119 e. The first-order chi connectivity index (χ1) is 9.68. The predicted octanol–water partition coefficient (Wildman–Crippen LogP) is 2.63. The average Bonchev–Trinajstić information content (AvgIpc) is 2.53. The number of thioether (sulfide) groups is 1. The smallest absolute Gasteiger partial charge is 0.119 e. The van der Waals surface area contributed by atoms with E-state index in [-0.39, 0.29) is 6.61 Å². The summed E-state index contributed by atoms with van der Waals surface area (Å²) in [5.41, 5.74) is 6.54. The average molecular weight is 289 g/mol. The Kier molecular flexibility index (Phi) is 5.06. The molecule has 0 fully saturated rings. The topological polar surface area (TPSA) is 55.5 Å². The van der Waals surface area contributed by atoms with Crippen LogP contribution in [0.25, 0.3) is 0 Å². The van der Waals surface area contributed by atoms with E-state index in [1.165, 1.54) is 0 Å². The molecule has 106 valence electrons. The van der Waals surface area contributed by atoms with Crippen LogP contribution in [-0.4, -0.2) is 24.6 Å². The lowest BCUT2D eigenvalue weighted by Gasteiger charge is -2.27. The number of benzene rings is 2. The Labute approximate surface area is 123 Å². The van der Waals surface area contributed by atoms with Gasteiger partial charge in [0.2, 0.25) is 0 Å². The number of aliphatic hydroxyl groups is 1.